The van der Waals surface area contributed by atoms with Gasteiger partial charge >= 0.3 is 0 Å². The molecule has 2 aromatic rings. The van der Waals surface area contributed by atoms with Gasteiger partial charge in [-0.3, -0.25) is 9.59 Å². The third-order valence-electron chi connectivity index (χ3n) is 4.53. The third-order valence-corrected chi connectivity index (χ3v) is 5.78. The minimum absolute atomic E-state index is 0.0340. The second kappa shape index (κ2) is 8.50. The monoisotopic (exact) mass is 376 g/mol. The van der Waals surface area contributed by atoms with E-state index < -0.39 is 0 Å². The molecule has 3 rings (SSSR count). The first-order chi connectivity index (χ1) is 12.1. The number of carbonyl (C=O) groups excluding carboxylic acids is 2. The number of amides is 2. The van der Waals surface area contributed by atoms with Crippen LogP contribution in [0.2, 0.25) is 5.02 Å². The molecule has 0 atom stereocenters. The lowest BCUT2D eigenvalue weighted by Crippen LogP contribution is -2.43. The number of hydrogen-bond acceptors (Lipinski definition) is 3. The summed E-state index contributed by atoms with van der Waals surface area (Å²) in [6, 6.07) is 11.5. The minimum atomic E-state index is -0.0340. The fraction of sp³-hybridized carbons (Fsp3) is 0.368. The van der Waals surface area contributed by atoms with E-state index in [-0.39, 0.29) is 17.7 Å². The first-order valence-electron chi connectivity index (χ1n) is 8.45. The molecule has 2 amide bonds. The topological polar surface area (TPSA) is 49.4 Å². The summed E-state index contributed by atoms with van der Waals surface area (Å²) in [6.45, 7) is 1.73. The predicted molar refractivity (Wildman–Crippen MR) is 101 cm³/mol. The fourth-order valence-electron chi connectivity index (χ4n) is 3.03. The molecule has 132 valence electrons. The lowest BCUT2D eigenvalue weighted by Gasteiger charge is -2.31. The number of hydrogen-bond donors (Lipinski definition) is 1. The molecule has 1 aliphatic heterocycles. The summed E-state index contributed by atoms with van der Waals surface area (Å²) in [5.74, 6) is 0.163. The molecule has 2 heterocycles. The zero-order chi connectivity index (χ0) is 17.6. The van der Waals surface area contributed by atoms with Crippen LogP contribution in [0.3, 0.4) is 0 Å². The molecular weight excluding hydrogens is 356 g/mol. The molecule has 1 fully saturated rings. The number of carbonyl (C=O) groups is 2. The van der Waals surface area contributed by atoms with Gasteiger partial charge in [-0.25, -0.2) is 0 Å². The number of halogens is 1. The van der Waals surface area contributed by atoms with Crippen molar-refractivity contribution in [1.29, 1.82) is 0 Å². The van der Waals surface area contributed by atoms with Crippen molar-refractivity contribution >= 4 is 34.8 Å². The third kappa shape index (κ3) is 4.83. The van der Waals surface area contributed by atoms with E-state index in [0.29, 0.717) is 43.9 Å². The van der Waals surface area contributed by atoms with Gasteiger partial charge in [0.05, 0.1) is 6.42 Å². The predicted octanol–water partition coefficient (Wildman–Crippen LogP) is 3.50. The van der Waals surface area contributed by atoms with E-state index in [0.717, 1.165) is 10.4 Å². The zero-order valence-electron chi connectivity index (χ0n) is 13.9. The average molecular weight is 377 g/mol. The zero-order valence-corrected chi connectivity index (χ0v) is 15.5. The van der Waals surface area contributed by atoms with Crippen molar-refractivity contribution in [2.75, 3.05) is 13.1 Å². The summed E-state index contributed by atoms with van der Waals surface area (Å²) >= 11 is 7.72. The largest absolute Gasteiger partial charge is 0.352 e. The Morgan fingerprint density at radius 3 is 2.60 bits per heavy atom. The van der Waals surface area contributed by atoms with Gasteiger partial charge in [0, 0.05) is 35.5 Å². The standard InChI is InChI=1S/C19H21ClN2O2S/c20-17-6-2-1-4-15(17)13-21-19(24)14-7-9-22(10-8-14)18(23)12-16-5-3-11-25-16/h1-6,11,14H,7-10,12-13H2,(H,21,24). The van der Waals surface area contributed by atoms with E-state index in [1.165, 1.54) is 0 Å². The Morgan fingerprint density at radius 2 is 1.92 bits per heavy atom. The molecule has 0 bridgehead atoms. The van der Waals surface area contributed by atoms with E-state index in [2.05, 4.69) is 5.32 Å². The lowest BCUT2D eigenvalue weighted by molar-refractivity contribution is -0.135. The first kappa shape index (κ1) is 18.0. The van der Waals surface area contributed by atoms with E-state index >= 15 is 0 Å². The first-order valence-corrected chi connectivity index (χ1v) is 9.70. The number of thiophene rings is 1. The summed E-state index contributed by atoms with van der Waals surface area (Å²) in [6.07, 6.45) is 1.89. The van der Waals surface area contributed by atoms with Crippen molar-refractivity contribution in [3.63, 3.8) is 0 Å². The van der Waals surface area contributed by atoms with E-state index in [1.807, 2.05) is 46.7 Å². The Kier molecular flexibility index (Phi) is 6.10. The Hall–Kier alpha value is -1.85. The van der Waals surface area contributed by atoms with Gasteiger partial charge in [0.25, 0.3) is 0 Å². The maximum atomic E-state index is 12.4. The summed E-state index contributed by atoms with van der Waals surface area (Å²) in [4.78, 5) is 27.6. The highest BCUT2D eigenvalue weighted by Gasteiger charge is 2.27. The van der Waals surface area contributed by atoms with Crippen LogP contribution < -0.4 is 5.32 Å². The Balaban J connectivity index is 1.44. The van der Waals surface area contributed by atoms with Crippen LogP contribution in [0.4, 0.5) is 0 Å². The summed E-state index contributed by atoms with van der Waals surface area (Å²) in [5.41, 5.74) is 0.918. The molecule has 1 saturated heterocycles. The maximum absolute atomic E-state index is 12.4. The SMILES string of the molecule is O=C(NCc1ccccc1Cl)C1CCN(C(=O)Cc2cccs2)CC1. The normalized spacial score (nSPS) is 15.2. The van der Waals surface area contributed by atoms with E-state index in [9.17, 15) is 9.59 Å². The second-order valence-corrected chi connectivity index (χ2v) is 7.66. The number of piperidine rings is 1. The molecule has 1 aromatic heterocycles. The Bertz CT molecular complexity index is 725. The van der Waals surface area contributed by atoms with Crippen molar-refractivity contribution in [1.82, 2.24) is 10.2 Å². The van der Waals surface area contributed by atoms with Crippen LogP contribution in [0.25, 0.3) is 0 Å². The van der Waals surface area contributed by atoms with Crippen LogP contribution >= 0.6 is 22.9 Å². The molecule has 4 nitrogen and oxygen atoms in total. The lowest BCUT2D eigenvalue weighted by atomic mass is 9.95. The quantitative estimate of drug-likeness (QED) is 0.868. The van der Waals surface area contributed by atoms with Gasteiger partial charge in [0.2, 0.25) is 11.8 Å². The molecule has 1 N–H and O–H groups in total. The minimum Gasteiger partial charge on any atom is -0.352 e. The van der Waals surface area contributed by atoms with Crippen LogP contribution in [0.1, 0.15) is 23.3 Å². The van der Waals surface area contributed by atoms with Crippen LogP contribution in [-0.2, 0) is 22.6 Å². The average Bonchev–Trinajstić information content (AvgIpc) is 3.14. The van der Waals surface area contributed by atoms with Crippen molar-refractivity contribution in [3.05, 3.63) is 57.2 Å². The van der Waals surface area contributed by atoms with Gasteiger partial charge in [0.1, 0.15) is 0 Å². The number of rotatable bonds is 5. The van der Waals surface area contributed by atoms with Gasteiger partial charge in [-0.1, -0.05) is 35.9 Å². The van der Waals surface area contributed by atoms with Crippen LogP contribution in [0.5, 0.6) is 0 Å². The molecule has 0 aliphatic carbocycles. The van der Waals surface area contributed by atoms with E-state index in [1.54, 1.807) is 11.3 Å². The summed E-state index contributed by atoms with van der Waals surface area (Å²) in [5, 5.41) is 5.61. The molecule has 0 saturated carbocycles. The number of likely N-dealkylation sites (tertiary alicyclic amines) is 1. The summed E-state index contributed by atoms with van der Waals surface area (Å²) < 4.78 is 0. The molecule has 0 radical (unpaired) electrons. The van der Waals surface area contributed by atoms with Crippen molar-refractivity contribution in [2.45, 2.75) is 25.8 Å². The van der Waals surface area contributed by atoms with Crippen molar-refractivity contribution in [2.24, 2.45) is 5.92 Å². The highest BCUT2D eigenvalue weighted by atomic mass is 35.5. The maximum Gasteiger partial charge on any atom is 0.227 e. The number of benzene rings is 1. The highest BCUT2D eigenvalue weighted by Crippen LogP contribution is 2.20. The van der Waals surface area contributed by atoms with Crippen LogP contribution in [0, 0.1) is 5.92 Å². The Labute approximate surface area is 156 Å². The smallest absolute Gasteiger partial charge is 0.227 e. The second-order valence-electron chi connectivity index (χ2n) is 6.22. The molecule has 25 heavy (non-hydrogen) atoms. The molecule has 0 unspecified atom stereocenters. The molecule has 1 aliphatic rings. The molecular formula is C19H21ClN2O2S. The number of nitrogens with one attached hydrogen (secondary N) is 1. The van der Waals surface area contributed by atoms with Gasteiger partial charge in [-0.15, -0.1) is 11.3 Å². The van der Waals surface area contributed by atoms with Gasteiger partial charge in [0.15, 0.2) is 0 Å². The fourth-order valence-corrected chi connectivity index (χ4v) is 3.93. The number of nitrogens with zero attached hydrogens (tertiary/aromatic N) is 1. The molecule has 6 heteroatoms. The van der Waals surface area contributed by atoms with Crippen LogP contribution in [0.15, 0.2) is 41.8 Å². The molecule has 1 aromatic carbocycles. The van der Waals surface area contributed by atoms with Crippen LogP contribution in [-0.4, -0.2) is 29.8 Å². The molecule has 0 spiro atoms. The Morgan fingerprint density at radius 1 is 1.16 bits per heavy atom. The van der Waals surface area contributed by atoms with Crippen molar-refractivity contribution in [3.8, 4) is 0 Å². The summed E-state index contributed by atoms with van der Waals surface area (Å²) in [7, 11) is 0. The van der Waals surface area contributed by atoms with Gasteiger partial charge in [-0.2, -0.15) is 0 Å². The van der Waals surface area contributed by atoms with Crippen molar-refractivity contribution < 1.29 is 9.59 Å². The van der Waals surface area contributed by atoms with Gasteiger partial charge < -0.3 is 10.2 Å². The highest BCUT2D eigenvalue weighted by molar-refractivity contribution is 7.10. The van der Waals surface area contributed by atoms with Gasteiger partial charge in [-0.05, 0) is 35.9 Å². The van der Waals surface area contributed by atoms with E-state index in [4.69, 9.17) is 11.6 Å².